The average molecular weight is 467 g/mol. The summed E-state index contributed by atoms with van der Waals surface area (Å²) in [5.74, 6) is 0.986. The van der Waals surface area contributed by atoms with Gasteiger partial charge >= 0.3 is 0 Å². The van der Waals surface area contributed by atoms with Crippen molar-refractivity contribution < 1.29 is 12.8 Å². The second kappa shape index (κ2) is 9.06. The first-order chi connectivity index (χ1) is 11.5. The predicted molar refractivity (Wildman–Crippen MR) is 118 cm³/mol. The molecule has 0 amide bonds. The summed E-state index contributed by atoms with van der Waals surface area (Å²) in [6.07, 6.45) is 0. The van der Waals surface area contributed by atoms with Crippen LogP contribution >= 0.6 is 15.9 Å². The summed E-state index contributed by atoms with van der Waals surface area (Å²) in [5, 5.41) is 0. The van der Waals surface area contributed by atoms with Crippen LogP contribution in [0.3, 0.4) is 0 Å². The van der Waals surface area contributed by atoms with Gasteiger partial charge in [-0.2, -0.15) is 0 Å². The van der Waals surface area contributed by atoms with Gasteiger partial charge in [-0.05, 0) is 58.3 Å². The van der Waals surface area contributed by atoms with Gasteiger partial charge < -0.3 is 4.43 Å². The smallest absolute Gasteiger partial charge is 0.250 e. The summed E-state index contributed by atoms with van der Waals surface area (Å²) >= 11 is 3.48. The van der Waals surface area contributed by atoms with Gasteiger partial charge in [-0.25, -0.2) is 8.42 Å². The highest BCUT2D eigenvalue weighted by Crippen LogP contribution is 2.32. The molecular formula is C17H32BrNO3SSi2. The topological polar surface area (TPSA) is 55.4 Å². The lowest BCUT2D eigenvalue weighted by atomic mass is 10.3. The summed E-state index contributed by atoms with van der Waals surface area (Å²) in [7, 11) is -6.46. The van der Waals surface area contributed by atoms with E-state index in [-0.39, 0.29) is 5.75 Å². The van der Waals surface area contributed by atoms with Gasteiger partial charge in [-0.3, -0.25) is 4.72 Å². The van der Waals surface area contributed by atoms with Gasteiger partial charge in [0, 0.05) is 12.5 Å². The molecule has 0 bridgehead atoms. The van der Waals surface area contributed by atoms with Crippen molar-refractivity contribution in [3.63, 3.8) is 0 Å². The van der Waals surface area contributed by atoms with Crippen molar-refractivity contribution in [2.75, 3.05) is 10.5 Å². The molecular weight excluding hydrogens is 434 g/mol. The zero-order valence-electron chi connectivity index (χ0n) is 16.3. The molecule has 0 spiro atoms. The molecule has 144 valence electrons. The minimum atomic E-state index is -3.33. The van der Waals surface area contributed by atoms with Gasteiger partial charge in [0.2, 0.25) is 18.3 Å². The molecule has 1 N–H and O–H groups in total. The van der Waals surface area contributed by atoms with Crippen LogP contribution < -0.4 is 9.15 Å². The molecule has 0 unspecified atom stereocenters. The third-order valence-corrected chi connectivity index (χ3v) is 13.2. The molecule has 25 heavy (non-hydrogen) atoms. The lowest BCUT2D eigenvalue weighted by Crippen LogP contribution is -2.39. The van der Waals surface area contributed by atoms with Gasteiger partial charge in [0.1, 0.15) is 5.75 Å². The van der Waals surface area contributed by atoms with Crippen LogP contribution in [0.25, 0.3) is 0 Å². The van der Waals surface area contributed by atoms with Crippen LogP contribution in [0.4, 0.5) is 5.69 Å². The summed E-state index contributed by atoms with van der Waals surface area (Å²) in [6, 6.07) is 9.49. The monoisotopic (exact) mass is 465 g/mol. The van der Waals surface area contributed by atoms with Crippen LogP contribution in [0.1, 0.15) is 20.8 Å². The van der Waals surface area contributed by atoms with E-state index < -0.39 is 26.4 Å². The standard InChI is InChI=1S/C17H32BrNO3SSi2/c1-7-25(8-2,9-3)22-15-10-11-17(16(18)14-15)19-23(20,21)12-13-24(4,5)6/h10-11,14,19H,7-9,12-13H2,1-6H3. The van der Waals surface area contributed by atoms with Crippen molar-refractivity contribution >= 4 is 48.0 Å². The van der Waals surface area contributed by atoms with Crippen molar-refractivity contribution in [1.29, 1.82) is 0 Å². The Balaban J connectivity index is 2.89. The molecule has 0 aliphatic rings. The number of sulfonamides is 1. The van der Waals surface area contributed by atoms with Crippen LogP contribution in [0.5, 0.6) is 5.75 Å². The highest BCUT2D eigenvalue weighted by Gasteiger charge is 2.30. The molecule has 0 saturated heterocycles. The zero-order valence-corrected chi connectivity index (χ0v) is 20.7. The Hall–Kier alpha value is -0.316. The first-order valence-corrected chi connectivity index (χ1v) is 17.6. The van der Waals surface area contributed by atoms with Gasteiger partial charge in [0.25, 0.3) is 0 Å². The van der Waals surface area contributed by atoms with Crippen LogP contribution in [0.2, 0.25) is 43.8 Å². The zero-order chi connectivity index (χ0) is 19.3. The molecule has 0 fully saturated rings. The molecule has 0 atom stereocenters. The molecule has 0 heterocycles. The lowest BCUT2D eigenvalue weighted by molar-refractivity contribution is 0.532. The molecule has 0 aliphatic heterocycles. The van der Waals surface area contributed by atoms with Crippen molar-refractivity contribution in [1.82, 2.24) is 0 Å². The summed E-state index contributed by atoms with van der Waals surface area (Å²) < 4.78 is 34.4. The van der Waals surface area contributed by atoms with E-state index >= 15 is 0 Å². The Kier molecular flexibility index (Phi) is 8.23. The van der Waals surface area contributed by atoms with Gasteiger partial charge in [0.15, 0.2) is 0 Å². The Morgan fingerprint density at radius 3 is 2.08 bits per heavy atom. The maximum Gasteiger partial charge on any atom is 0.250 e. The molecule has 1 rings (SSSR count). The van der Waals surface area contributed by atoms with Crippen molar-refractivity contribution in [3.8, 4) is 5.75 Å². The second-order valence-electron chi connectivity index (χ2n) is 7.72. The van der Waals surface area contributed by atoms with Crippen LogP contribution in [0, 0.1) is 0 Å². The van der Waals surface area contributed by atoms with Crippen LogP contribution in [-0.4, -0.2) is 30.6 Å². The summed E-state index contributed by atoms with van der Waals surface area (Å²) in [6.45, 7) is 13.1. The fraction of sp³-hybridized carbons (Fsp3) is 0.647. The van der Waals surface area contributed by atoms with Gasteiger partial charge in [-0.1, -0.05) is 40.4 Å². The molecule has 1 aromatic carbocycles. The highest BCUT2D eigenvalue weighted by atomic mass is 79.9. The molecule has 8 heteroatoms. The van der Waals surface area contributed by atoms with E-state index in [9.17, 15) is 8.42 Å². The van der Waals surface area contributed by atoms with E-state index in [1.807, 2.05) is 12.1 Å². The van der Waals surface area contributed by atoms with Crippen LogP contribution in [-0.2, 0) is 10.0 Å². The fourth-order valence-electron chi connectivity index (χ4n) is 2.52. The SMILES string of the molecule is CC[Si](CC)(CC)Oc1ccc(NS(=O)(=O)CC[Si](C)(C)C)c(Br)c1. The lowest BCUT2D eigenvalue weighted by Gasteiger charge is -2.29. The van der Waals surface area contributed by atoms with E-state index in [0.717, 1.165) is 29.9 Å². The van der Waals surface area contributed by atoms with E-state index in [2.05, 4.69) is 61.1 Å². The third kappa shape index (κ3) is 7.44. The quantitative estimate of drug-likeness (QED) is 0.436. The maximum absolute atomic E-state index is 12.3. The molecule has 0 aromatic heterocycles. The largest absolute Gasteiger partial charge is 0.543 e. The maximum atomic E-state index is 12.3. The van der Waals surface area contributed by atoms with Crippen molar-refractivity contribution in [2.45, 2.75) is 64.6 Å². The molecule has 0 saturated carbocycles. The second-order valence-corrected chi connectivity index (χ2v) is 20.7. The number of halogens is 1. The Labute approximate surface area is 164 Å². The van der Waals surface area contributed by atoms with Crippen LogP contribution in [0.15, 0.2) is 22.7 Å². The van der Waals surface area contributed by atoms with E-state index in [1.165, 1.54) is 0 Å². The van der Waals surface area contributed by atoms with Gasteiger partial charge in [0.05, 0.1) is 11.4 Å². The van der Waals surface area contributed by atoms with E-state index in [4.69, 9.17) is 4.43 Å². The first-order valence-electron chi connectivity index (χ1n) is 8.95. The normalized spacial score (nSPS) is 12.9. The van der Waals surface area contributed by atoms with E-state index in [0.29, 0.717) is 10.2 Å². The first kappa shape index (κ1) is 22.7. The molecule has 1 aromatic rings. The number of rotatable bonds is 10. The Morgan fingerprint density at radius 1 is 1.08 bits per heavy atom. The number of hydrogen-bond donors (Lipinski definition) is 1. The molecule has 0 radical (unpaired) electrons. The summed E-state index contributed by atoms with van der Waals surface area (Å²) in [5.41, 5.74) is 0.569. The van der Waals surface area contributed by atoms with Gasteiger partial charge in [-0.15, -0.1) is 0 Å². The number of anilines is 1. The minimum absolute atomic E-state index is 0.172. The Bertz CT molecular complexity index is 663. The van der Waals surface area contributed by atoms with E-state index in [1.54, 1.807) is 6.07 Å². The molecule has 0 aliphatic carbocycles. The third-order valence-electron chi connectivity index (χ3n) is 4.59. The Morgan fingerprint density at radius 2 is 1.64 bits per heavy atom. The minimum Gasteiger partial charge on any atom is -0.543 e. The fourth-order valence-corrected chi connectivity index (χ4v) is 9.81. The highest BCUT2D eigenvalue weighted by molar-refractivity contribution is 9.10. The number of nitrogens with one attached hydrogen (secondary N) is 1. The molecule has 4 nitrogen and oxygen atoms in total. The van der Waals surface area contributed by atoms with Crippen molar-refractivity contribution in [3.05, 3.63) is 22.7 Å². The summed E-state index contributed by atoms with van der Waals surface area (Å²) in [4.78, 5) is 0. The predicted octanol–water partition coefficient (Wildman–Crippen LogP) is 5.91. The number of benzene rings is 1. The van der Waals surface area contributed by atoms with Crippen molar-refractivity contribution in [2.24, 2.45) is 0 Å². The average Bonchev–Trinajstić information content (AvgIpc) is 2.53. The number of hydrogen-bond acceptors (Lipinski definition) is 3.